The zero-order chi connectivity index (χ0) is 15.8. The molecular weight excluding hydrogens is 267 g/mol. The minimum absolute atomic E-state index is 0.0270. The largest absolute Gasteiger partial charge is 0.482 e. The zero-order valence-electron chi connectivity index (χ0n) is 14.3. The molecule has 120 valence electrons. The lowest BCUT2D eigenvalue weighted by Gasteiger charge is -2.32. The maximum atomic E-state index is 12.6. The van der Waals surface area contributed by atoms with Gasteiger partial charge >= 0.3 is 13.1 Å². The van der Waals surface area contributed by atoms with Crippen LogP contribution in [0.5, 0.6) is 0 Å². The molecule has 1 atom stereocenters. The molecule has 2 aliphatic rings. The third-order valence-electron chi connectivity index (χ3n) is 5.16. The lowest BCUT2D eigenvalue weighted by atomic mass is 9.76. The number of amides is 2. The van der Waals surface area contributed by atoms with Crippen molar-refractivity contribution < 1.29 is 14.1 Å². The van der Waals surface area contributed by atoms with E-state index in [4.69, 9.17) is 9.31 Å². The van der Waals surface area contributed by atoms with Gasteiger partial charge < -0.3 is 19.1 Å². The van der Waals surface area contributed by atoms with Gasteiger partial charge in [0.05, 0.1) is 17.1 Å². The van der Waals surface area contributed by atoms with Gasteiger partial charge in [0.2, 0.25) is 0 Å². The first-order chi connectivity index (χ1) is 9.73. The highest BCUT2D eigenvalue weighted by molar-refractivity contribution is 6.48. The Morgan fingerprint density at radius 2 is 1.71 bits per heavy atom. The van der Waals surface area contributed by atoms with Crippen molar-refractivity contribution in [1.29, 1.82) is 0 Å². The smallest absolute Gasteiger partial charge is 0.402 e. The highest BCUT2D eigenvalue weighted by Gasteiger charge is 2.56. The summed E-state index contributed by atoms with van der Waals surface area (Å²) in [5, 5.41) is 0. The molecule has 6 heteroatoms. The molecule has 0 aromatic rings. The predicted molar refractivity (Wildman–Crippen MR) is 84.1 cm³/mol. The van der Waals surface area contributed by atoms with Gasteiger partial charge in [-0.15, -0.1) is 0 Å². The van der Waals surface area contributed by atoms with Crippen LogP contribution in [0.4, 0.5) is 4.79 Å². The van der Waals surface area contributed by atoms with Crippen molar-refractivity contribution in [3.8, 4) is 0 Å². The molecule has 2 saturated heterocycles. The average Bonchev–Trinajstić information content (AvgIpc) is 2.94. The summed E-state index contributed by atoms with van der Waals surface area (Å²) >= 11 is 0. The molecule has 2 amide bonds. The van der Waals surface area contributed by atoms with E-state index in [1.807, 2.05) is 23.6 Å². The molecule has 0 N–H and O–H groups in total. The molecule has 2 heterocycles. The minimum atomic E-state index is -0.343. The third-order valence-corrected chi connectivity index (χ3v) is 5.16. The molecule has 0 aromatic heterocycles. The van der Waals surface area contributed by atoms with E-state index in [2.05, 4.69) is 27.7 Å². The molecule has 21 heavy (non-hydrogen) atoms. The standard InChI is InChI=1S/C15H29BN2O3/c1-7-17(8-2)13(19)18-11-9-10-12(18)16-20-14(3,4)15(5,6)21-16/h12H,7-11H2,1-6H3. The summed E-state index contributed by atoms with van der Waals surface area (Å²) in [5.41, 5.74) is -0.686. The van der Waals surface area contributed by atoms with Crippen LogP contribution < -0.4 is 0 Å². The molecule has 0 spiro atoms. The topological polar surface area (TPSA) is 42.0 Å². The summed E-state index contributed by atoms with van der Waals surface area (Å²) in [5.74, 6) is 0.0270. The third kappa shape index (κ3) is 2.93. The van der Waals surface area contributed by atoms with Crippen molar-refractivity contribution in [1.82, 2.24) is 9.80 Å². The quantitative estimate of drug-likeness (QED) is 0.752. The lowest BCUT2D eigenvalue weighted by molar-refractivity contribution is 0.00578. The van der Waals surface area contributed by atoms with Gasteiger partial charge in [-0.25, -0.2) is 4.79 Å². The fourth-order valence-corrected chi connectivity index (χ4v) is 3.03. The van der Waals surface area contributed by atoms with E-state index in [1.165, 1.54) is 0 Å². The fraction of sp³-hybridized carbons (Fsp3) is 0.933. The fourth-order valence-electron chi connectivity index (χ4n) is 3.03. The van der Waals surface area contributed by atoms with Gasteiger partial charge in [-0.2, -0.15) is 0 Å². The molecule has 2 fully saturated rings. The summed E-state index contributed by atoms with van der Waals surface area (Å²) in [7, 11) is -0.322. The Morgan fingerprint density at radius 3 is 2.19 bits per heavy atom. The van der Waals surface area contributed by atoms with Gasteiger partial charge in [0.15, 0.2) is 0 Å². The van der Waals surface area contributed by atoms with Crippen molar-refractivity contribution in [2.24, 2.45) is 0 Å². The van der Waals surface area contributed by atoms with Gasteiger partial charge in [0.1, 0.15) is 0 Å². The van der Waals surface area contributed by atoms with Gasteiger partial charge in [-0.05, 0) is 54.4 Å². The lowest BCUT2D eigenvalue weighted by Crippen LogP contribution is -2.51. The number of nitrogens with zero attached hydrogens (tertiary/aromatic N) is 2. The first-order valence-electron chi connectivity index (χ1n) is 8.14. The molecule has 0 aromatic carbocycles. The highest BCUT2D eigenvalue weighted by atomic mass is 16.7. The number of rotatable bonds is 3. The molecular formula is C15H29BN2O3. The van der Waals surface area contributed by atoms with Crippen molar-refractivity contribution in [2.45, 2.75) is 71.5 Å². The summed E-state index contributed by atoms with van der Waals surface area (Å²) in [6, 6.07) is 0.109. The van der Waals surface area contributed by atoms with Crippen LogP contribution in [0.2, 0.25) is 0 Å². The molecule has 0 bridgehead atoms. The van der Waals surface area contributed by atoms with Crippen LogP contribution in [-0.4, -0.2) is 59.7 Å². The zero-order valence-corrected chi connectivity index (χ0v) is 14.3. The normalized spacial score (nSPS) is 27.2. The SMILES string of the molecule is CCN(CC)C(=O)N1CCCC1B1OC(C)(C)C(C)(C)O1. The number of carbonyl (C=O) groups excluding carboxylic acids is 1. The van der Waals surface area contributed by atoms with Gasteiger partial charge in [0.25, 0.3) is 0 Å². The molecule has 1 unspecified atom stereocenters. The van der Waals surface area contributed by atoms with Crippen molar-refractivity contribution in [3.05, 3.63) is 0 Å². The maximum Gasteiger partial charge on any atom is 0.482 e. The number of likely N-dealkylation sites (tertiary alicyclic amines) is 1. The first kappa shape index (κ1) is 16.6. The Labute approximate surface area is 129 Å². The second-order valence-electron chi connectivity index (χ2n) is 6.98. The minimum Gasteiger partial charge on any atom is -0.402 e. The number of hydrogen-bond acceptors (Lipinski definition) is 3. The summed E-state index contributed by atoms with van der Waals surface area (Å²) < 4.78 is 12.3. The van der Waals surface area contributed by atoms with E-state index < -0.39 is 0 Å². The van der Waals surface area contributed by atoms with E-state index in [0.717, 1.165) is 32.5 Å². The second-order valence-corrected chi connectivity index (χ2v) is 6.98. The highest BCUT2D eigenvalue weighted by Crippen LogP contribution is 2.40. The van der Waals surface area contributed by atoms with Crippen LogP contribution in [-0.2, 0) is 9.31 Å². The van der Waals surface area contributed by atoms with Crippen LogP contribution in [0.3, 0.4) is 0 Å². The monoisotopic (exact) mass is 296 g/mol. The molecule has 0 saturated carbocycles. The maximum absolute atomic E-state index is 12.6. The van der Waals surface area contributed by atoms with E-state index in [9.17, 15) is 4.79 Å². The molecule has 2 aliphatic heterocycles. The predicted octanol–water partition coefficient (Wildman–Crippen LogP) is 2.54. The first-order valence-corrected chi connectivity index (χ1v) is 8.14. The molecule has 2 rings (SSSR count). The van der Waals surface area contributed by atoms with E-state index >= 15 is 0 Å². The molecule has 5 nitrogen and oxygen atoms in total. The summed E-state index contributed by atoms with van der Waals surface area (Å²) in [6.45, 7) is 14.5. The second kappa shape index (κ2) is 5.80. The summed E-state index contributed by atoms with van der Waals surface area (Å²) in [4.78, 5) is 16.4. The van der Waals surface area contributed by atoms with Gasteiger partial charge in [0, 0.05) is 19.6 Å². The summed E-state index contributed by atoms with van der Waals surface area (Å²) in [6.07, 6.45) is 1.96. The van der Waals surface area contributed by atoms with E-state index in [0.29, 0.717) is 0 Å². The van der Waals surface area contributed by atoms with E-state index in [-0.39, 0.29) is 30.3 Å². The molecule has 0 radical (unpaired) electrons. The van der Waals surface area contributed by atoms with Gasteiger partial charge in [-0.3, -0.25) is 0 Å². The average molecular weight is 296 g/mol. The van der Waals surface area contributed by atoms with E-state index in [1.54, 1.807) is 0 Å². The number of hydrogen-bond donors (Lipinski definition) is 0. The Morgan fingerprint density at radius 1 is 1.19 bits per heavy atom. The van der Waals surface area contributed by atoms with Crippen molar-refractivity contribution in [2.75, 3.05) is 19.6 Å². The molecule has 0 aliphatic carbocycles. The Hall–Kier alpha value is -0.745. The Balaban J connectivity index is 2.12. The van der Waals surface area contributed by atoms with Crippen LogP contribution >= 0.6 is 0 Å². The van der Waals surface area contributed by atoms with Crippen LogP contribution in [0, 0.1) is 0 Å². The van der Waals surface area contributed by atoms with Crippen LogP contribution in [0.25, 0.3) is 0 Å². The van der Waals surface area contributed by atoms with Gasteiger partial charge in [-0.1, -0.05) is 0 Å². The Bertz CT molecular complexity index is 380. The van der Waals surface area contributed by atoms with Crippen LogP contribution in [0.15, 0.2) is 0 Å². The van der Waals surface area contributed by atoms with Crippen molar-refractivity contribution in [3.63, 3.8) is 0 Å². The number of urea groups is 1. The number of carbonyl (C=O) groups is 1. The van der Waals surface area contributed by atoms with Crippen molar-refractivity contribution >= 4 is 13.1 Å². The Kier molecular flexibility index (Phi) is 4.59. The van der Waals surface area contributed by atoms with Crippen LogP contribution in [0.1, 0.15) is 54.4 Å².